The van der Waals surface area contributed by atoms with Gasteiger partial charge in [0.1, 0.15) is 30.0 Å². The molecule has 45 heavy (non-hydrogen) atoms. The molecule has 0 aromatic heterocycles. The van der Waals surface area contributed by atoms with Crippen LogP contribution in [-0.2, 0) is 31.9 Å². The van der Waals surface area contributed by atoms with Crippen molar-refractivity contribution in [2.75, 3.05) is 6.61 Å². The lowest BCUT2D eigenvalue weighted by molar-refractivity contribution is -0.158. The highest BCUT2D eigenvalue weighted by atomic mass is 16.6. The van der Waals surface area contributed by atoms with E-state index in [-0.39, 0.29) is 31.1 Å². The van der Waals surface area contributed by atoms with Crippen LogP contribution in [0.1, 0.15) is 48.9 Å². The van der Waals surface area contributed by atoms with E-state index in [0.717, 1.165) is 27.8 Å². The third kappa shape index (κ3) is 8.09. The van der Waals surface area contributed by atoms with Crippen molar-refractivity contribution >= 4 is 18.0 Å². The molecule has 0 fully saturated rings. The molecule has 1 aliphatic rings. The molecule has 0 saturated heterocycles. The van der Waals surface area contributed by atoms with Crippen LogP contribution in [0.5, 0.6) is 5.75 Å². The number of fused-ring (bicyclic) bond motifs is 3. The first-order valence-electron chi connectivity index (χ1n) is 15.0. The summed E-state index contributed by atoms with van der Waals surface area (Å²) in [7, 11) is 0. The summed E-state index contributed by atoms with van der Waals surface area (Å²) in [5.74, 6) is -1.21. The van der Waals surface area contributed by atoms with Gasteiger partial charge in [-0.15, -0.1) is 0 Å². The van der Waals surface area contributed by atoms with Gasteiger partial charge in [-0.05, 0) is 66.3 Å². The van der Waals surface area contributed by atoms with Crippen LogP contribution in [0.15, 0.2) is 103 Å². The third-order valence-corrected chi connectivity index (χ3v) is 7.62. The summed E-state index contributed by atoms with van der Waals surface area (Å²) in [6.07, 6.45) is -0.450. The number of esters is 1. The Bertz CT molecular complexity index is 1600. The molecule has 2 atom stereocenters. The number of carbonyl (C=O) groups is 3. The Morgan fingerprint density at radius 3 is 1.84 bits per heavy atom. The molecule has 0 aliphatic heterocycles. The van der Waals surface area contributed by atoms with E-state index in [1.807, 2.05) is 66.7 Å². The number of hydrogen-bond donors (Lipinski definition) is 3. The minimum atomic E-state index is -1.08. The van der Waals surface area contributed by atoms with E-state index in [1.54, 1.807) is 32.9 Å². The number of aromatic hydroxyl groups is 1. The van der Waals surface area contributed by atoms with Gasteiger partial charge in [0.05, 0.1) is 0 Å². The topological polar surface area (TPSA) is 114 Å². The van der Waals surface area contributed by atoms with Crippen molar-refractivity contribution in [3.63, 3.8) is 0 Å². The van der Waals surface area contributed by atoms with Crippen LogP contribution in [0.3, 0.4) is 0 Å². The summed E-state index contributed by atoms with van der Waals surface area (Å²) in [6, 6.07) is 29.7. The fourth-order valence-electron chi connectivity index (χ4n) is 5.55. The van der Waals surface area contributed by atoms with E-state index in [2.05, 4.69) is 22.8 Å². The van der Waals surface area contributed by atoms with Gasteiger partial charge in [-0.3, -0.25) is 4.79 Å². The van der Waals surface area contributed by atoms with Gasteiger partial charge >= 0.3 is 12.1 Å². The maximum Gasteiger partial charge on any atom is 0.407 e. The van der Waals surface area contributed by atoms with E-state index in [0.29, 0.717) is 5.56 Å². The molecule has 4 aromatic carbocycles. The van der Waals surface area contributed by atoms with Crippen LogP contribution in [0.2, 0.25) is 0 Å². The molecule has 0 radical (unpaired) electrons. The predicted molar refractivity (Wildman–Crippen MR) is 172 cm³/mol. The Kier molecular flexibility index (Phi) is 9.52. The second-order valence-electron chi connectivity index (χ2n) is 12.2. The van der Waals surface area contributed by atoms with Crippen molar-refractivity contribution in [3.05, 3.63) is 125 Å². The van der Waals surface area contributed by atoms with Crippen molar-refractivity contribution < 1.29 is 29.0 Å². The molecular weight excluding hydrogens is 568 g/mol. The predicted octanol–water partition coefficient (Wildman–Crippen LogP) is 5.91. The van der Waals surface area contributed by atoms with E-state index in [9.17, 15) is 19.5 Å². The van der Waals surface area contributed by atoms with Gasteiger partial charge in [-0.25, -0.2) is 9.59 Å². The number of phenolic OH excluding ortho intramolecular Hbond substituents is 1. The second-order valence-corrected chi connectivity index (χ2v) is 12.2. The number of phenols is 1. The molecule has 5 rings (SSSR count). The molecule has 1 aliphatic carbocycles. The number of amides is 2. The number of carbonyl (C=O) groups excluding carboxylic acids is 3. The minimum absolute atomic E-state index is 0.0806. The number of alkyl carbamates (subject to hydrolysis) is 1. The number of nitrogens with one attached hydrogen (secondary N) is 2. The highest BCUT2D eigenvalue weighted by Gasteiger charge is 2.32. The smallest absolute Gasteiger partial charge is 0.407 e. The lowest BCUT2D eigenvalue weighted by Gasteiger charge is -2.26. The standard InChI is InChI=1S/C37H38N2O6/c1-37(2,3)45-35(42)33(22-24-11-5-4-6-12-24)38-34(41)32(21-25-17-19-26(40)20-18-25)39-36(43)44-23-31-29-15-9-7-13-27(29)28-14-8-10-16-30(28)31/h4-20,31-33,40H,21-23H2,1-3H3,(H,38,41)(H,39,43)/t32-,33-/m0/s1. The maximum atomic E-state index is 13.8. The summed E-state index contributed by atoms with van der Waals surface area (Å²) in [5.41, 5.74) is 5.15. The zero-order chi connectivity index (χ0) is 32.0. The van der Waals surface area contributed by atoms with Crippen LogP contribution in [0.4, 0.5) is 4.79 Å². The lowest BCUT2D eigenvalue weighted by Crippen LogP contribution is -2.54. The molecule has 0 bridgehead atoms. The van der Waals surface area contributed by atoms with Gasteiger partial charge in [0.25, 0.3) is 0 Å². The minimum Gasteiger partial charge on any atom is -0.508 e. The molecule has 0 unspecified atom stereocenters. The van der Waals surface area contributed by atoms with Gasteiger partial charge < -0.3 is 25.2 Å². The van der Waals surface area contributed by atoms with Gasteiger partial charge in [0.2, 0.25) is 5.91 Å². The fourth-order valence-corrected chi connectivity index (χ4v) is 5.55. The van der Waals surface area contributed by atoms with E-state index in [4.69, 9.17) is 9.47 Å². The van der Waals surface area contributed by atoms with Crippen LogP contribution in [0, 0.1) is 0 Å². The van der Waals surface area contributed by atoms with Gasteiger partial charge in [0.15, 0.2) is 0 Å². The molecule has 2 amide bonds. The summed E-state index contributed by atoms with van der Waals surface area (Å²) in [6.45, 7) is 5.37. The number of ether oxygens (including phenoxy) is 2. The number of benzene rings is 4. The molecule has 3 N–H and O–H groups in total. The monoisotopic (exact) mass is 606 g/mol. The Labute approximate surface area is 263 Å². The van der Waals surface area contributed by atoms with E-state index >= 15 is 0 Å². The van der Waals surface area contributed by atoms with Gasteiger partial charge in [-0.2, -0.15) is 0 Å². The largest absolute Gasteiger partial charge is 0.508 e. The fraction of sp³-hybridized carbons (Fsp3) is 0.270. The molecule has 0 heterocycles. The van der Waals surface area contributed by atoms with Crippen molar-refractivity contribution in [1.82, 2.24) is 10.6 Å². The summed E-state index contributed by atoms with van der Waals surface area (Å²) >= 11 is 0. The van der Waals surface area contributed by atoms with Crippen LogP contribution < -0.4 is 10.6 Å². The zero-order valence-electron chi connectivity index (χ0n) is 25.7. The average Bonchev–Trinajstić information content (AvgIpc) is 3.33. The Hall–Kier alpha value is -5.11. The van der Waals surface area contributed by atoms with Crippen LogP contribution in [0.25, 0.3) is 11.1 Å². The average molecular weight is 607 g/mol. The summed E-state index contributed by atoms with van der Waals surface area (Å²) in [5, 5.41) is 15.3. The van der Waals surface area contributed by atoms with Crippen molar-refractivity contribution in [2.45, 2.75) is 57.2 Å². The van der Waals surface area contributed by atoms with E-state index < -0.39 is 35.7 Å². The van der Waals surface area contributed by atoms with Crippen molar-refractivity contribution in [2.24, 2.45) is 0 Å². The SMILES string of the molecule is CC(C)(C)OC(=O)[C@H](Cc1ccccc1)NC(=O)[C@H](Cc1ccc(O)cc1)NC(=O)OCC1c2ccccc2-c2ccccc21. The Morgan fingerprint density at radius 1 is 0.711 bits per heavy atom. The Morgan fingerprint density at radius 2 is 1.24 bits per heavy atom. The first-order chi connectivity index (χ1) is 21.6. The Balaban J connectivity index is 1.33. The molecule has 0 saturated carbocycles. The van der Waals surface area contributed by atoms with Gasteiger partial charge in [-0.1, -0.05) is 91.0 Å². The highest BCUT2D eigenvalue weighted by Crippen LogP contribution is 2.44. The molecule has 232 valence electrons. The maximum absolute atomic E-state index is 13.8. The van der Waals surface area contributed by atoms with Crippen LogP contribution >= 0.6 is 0 Å². The highest BCUT2D eigenvalue weighted by molar-refractivity contribution is 5.90. The first kappa shape index (κ1) is 31.3. The summed E-state index contributed by atoms with van der Waals surface area (Å²) < 4.78 is 11.4. The molecular formula is C37H38N2O6. The molecule has 8 nitrogen and oxygen atoms in total. The third-order valence-electron chi connectivity index (χ3n) is 7.62. The first-order valence-corrected chi connectivity index (χ1v) is 15.0. The number of rotatable bonds is 10. The molecule has 0 spiro atoms. The van der Waals surface area contributed by atoms with Crippen LogP contribution in [-0.4, -0.2) is 47.4 Å². The molecule has 4 aromatic rings. The van der Waals surface area contributed by atoms with Crippen molar-refractivity contribution in [3.8, 4) is 16.9 Å². The van der Waals surface area contributed by atoms with E-state index in [1.165, 1.54) is 12.1 Å². The zero-order valence-corrected chi connectivity index (χ0v) is 25.7. The quantitative estimate of drug-likeness (QED) is 0.194. The number of hydrogen-bond acceptors (Lipinski definition) is 6. The lowest BCUT2D eigenvalue weighted by atomic mass is 9.98. The van der Waals surface area contributed by atoms with Crippen molar-refractivity contribution in [1.29, 1.82) is 0 Å². The van der Waals surface area contributed by atoms with Gasteiger partial charge in [0, 0.05) is 18.8 Å². The second kappa shape index (κ2) is 13.7. The molecule has 8 heteroatoms. The summed E-state index contributed by atoms with van der Waals surface area (Å²) in [4.78, 5) is 40.2. The normalized spacial score (nSPS) is 13.6.